The number of carboxylic acid groups (broad SMARTS) is 2. The van der Waals surface area contributed by atoms with Crippen LogP contribution in [-0.4, -0.2) is 310 Å². The number of aromatic hydroxyl groups is 1. The van der Waals surface area contributed by atoms with E-state index in [1.165, 1.54) is 55.3 Å². The van der Waals surface area contributed by atoms with Crippen LogP contribution in [0.5, 0.6) is 5.75 Å². The largest absolute Gasteiger partial charge is 0.508 e. The summed E-state index contributed by atoms with van der Waals surface area (Å²) in [4.78, 5) is 297. The number of phenolic OH excluding ortho intramolecular Hbond substituents is 1. The smallest absolute Gasteiger partial charge is 0.323 e. The van der Waals surface area contributed by atoms with Crippen LogP contribution in [0, 0.1) is 5.92 Å². The number of para-hydroxylation sites is 2. The molecule has 744 valence electrons. The molecule has 4 aliphatic heterocycles. The Kier molecular flexibility index (Phi) is 38.8. The summed E-state index contributed by atoms with van der Waals surface area (Å²) < 4.78 is 1.37. The molecule has 45 heteroatoms. The van der Waals surface area contributed by atoms with E-state index in [4.69, 9.17) is 22.9 Å². The first-order chi connectivity index (χ1) is 65.1. The van der Waals surface area contributed by atoms with Crippen molar-refractivity contribution in [3.8, 4) is 5.75 Å². The number of primary amides is 4. The molecule has 23 N–H and O–H groups in total. The molecular formula is C92H127N21O24. The number of aromatic nitrogens is 2. The van der Waals surface area contributed by atoms with Crippen molar-refractivity contribution in [2.45, 2.75) is 266 Å². The first-order valence-corrected chi connectivity index (χ1v) is 46.1. The number of aliphatic hydroxyl groups is 1. The number of benzene rings is 3. The Bertz CT molecular complexity index is 5270. The third-order valence-electron chi connectivity index (χ3n) is 24.9. The minimum Gasteiger partial charge on any atom is -0.508 e. The third kappa shape index (κ3) is 29.4. The van der Waals surface area contributed by atoms with E-state index in [-0.39, 0.29) is 82.2 Å². The van der Waals surface area contributed by atoms with Gasteiger partial charge in [-0.15, -0.1) is 0 Å². The summed E-state index contributed by atoms with van der Waals surface area (Å²) in [6.45, 7) is 4.19. The monoisotopic (exact) mass is 1910 g/mol. The number of rotatable bonds is 27. The number of fused-ring (bicyclic) bond motifs is 5. The molecular weight excluding hydrogens is 1780 g/mol. The van der Waals surface area contributed by atoms with Crippen LogP contribution in [0.15, 0.2) is 85.2 Å². The number of carbonyl (C=O) groups excluding carboxylic acids is 18. The highest BCUT2D eigenvalue weighted by Gasteiger charge is 2.48. The van der Waals surface area contributed by atoms with Crippen molar-refractivity contribution < 1.29 is 116 Å². The van der Waals surface area contributed by atoms with E-state index in [1.807, 2.05) is 0 Å². The molecule has 4 saturated heterocycles. The molecule has 137 heavy (non-hydrogen) atoms. The van der Waals surface area contributed by atoms with E-state index >= 15 is 38.4 Å². The van der Waals surface area contributed by atoms with Crippen LogP contribution in [-0.2, 0) is 122 Å². The molecule has 5 aromatic rings. The number of H-pyrrole nitrogens is 1. The molecule has 18 amide bonds. The molecule has 0 radical (unpaired) electrons. The maximum absolute atomic E-state index is 15.9. The molecule has 1 unspecified atom stereocenters. The highest BCUT2D eigenvalue weighted by molar-refractivity contribution is 6.03. The normalized spacial score (nSPS) is 25.1. The number of carboxylic acids is 2. The molecule has 15 atom stereocenters. The van der Waals surface area contributed by atoms with Crippen LogP contribution in [0.3, 0.4) is 0 Å². The lowest BCUT2D eigenvalue weighted by Gasteiger charge is -2.38. The molecule has 6 heterocycles. The second-order valence-corrected chi connectivity index (χ2v) is 35.7. The zero-order chi connectivity index (χ0) is 100. The van der Waals surface area contributed by atoms with Crippen molar-refractivity contribution >= 4 is 140 Å². The number of phenols is 1. The number of aliphatic carboxylic acids is 2. The van der Waals surface area contributed by atoms with Gasteiger partial charge in [-0.2, -0.15) is 0 Å². The number of unbranched alkanes of at least 4 members (excludes halogenated alkanes) is 2. The maximum Gasteiger partial charge on any atom is 0.323 e. The van der Waals surface area contributed by atoms with Crippen LogP contribution in [0.2, 0.25) is 0 Å². The Morgan fingerprint density at radius 1 is 0.474 bits per heavy atom. The van der Waals surface area contributed by atoms with Gasteiger partial charge in [0.05, 0.1) is 25.5 Å². The number of aliphatic hydroxyl groups excluding tert-OH is 1. The van der Waals surface area contributed by atoms with Gasteiger partial charge in [0, 0.05) is 113 Å². The number of amides is 18. The third-order valence-corrected chi connectivity index (χ3v) is 24.9. The second-order valence-electron chi connectivity index (χ2n) is 35.7. The Balaban J connectivity index is 1.12. The highest BCUT2D eigenvalue weighted by Crippen LogP contribution is 2.30. The van der Waals surface area contributed by atoms with E-state index in [0.29, 0.717) is 58.6 Å². The summed E-state index contributed by atoms with van der Waals surface area (Å²) in [6.07, 6.45) is -2.82. The van der Waals surface area contributed by atoms with Gasteiger partial charge in [-0.3, -0.25) is 95.9 Å². The number of hydrogen-bond donors (Lipinski definition) is 19. The minimum absolute atomic E-state index is 0.0335. The number of nitrogens with two attached hydrogens (primary N) is 4. The fourth-order valence-electron chi connectivity index (χ4n) is 17.8. The molecule has 0 saturated carbocycles. The van der Waals surface area contributed by atoms with Crippen LogP contribution >= 0.6 is 0 Å². The van der Waals surface area contributed by atoms with Gasteiger partial charge in [-0.1, -0.05) is 102 Å². The van der Waals surface area contributed by atoms with Crippen LogP contribution in [0.25, 0.3) is 21.8 Å². The lowest BCUT2D eigenvalue weighted by atomic mass is 9.97. The molecule has 0 spiro atoms. The highest BCUT2D eigenvalue weighted by atomic mass is 16.4. The predicted octanol–water partition coefficient (Wildman–Crippen LogP) is -3.31. The zero-order valence-electron chi connectivity index (χ0n) is 77.6. The topological polar surface area (TPSA) is 684 Å². The molecule has 9 rings (SSSR count). The van der Waals surface area contributed by atoms with Gasteiger partial charge in [0.1, 0.15) is 96.9 Å². The quantitative estimate of drug-likeness (QED) is 0.0245. The van der Waals surface area contributed by atoms with E-state index in [0.717, 1.165) is 24.5 Å². The molecule has 0 bridgehead atoms. The predicted molar refractivity (Wildman–Crippen MR) is 491 cm³/mol. The van der Waals surface area contributed by atoms with Gasteiger partial charge in [-0.05, 0) is 111 Å². The molecule has 45 nitrogen and oxygen atoms in total. The van der Waals surface area contributed by atoms with E-state index in [2.05, 4.69) is 58.2 Å². The van der Waals surface area contributed by atoms with Gasteiger partial charge in [0.25, 0.3) is 0 Å². The number of nitrogens with zero attached hydrogens (tertiary/aromatic N) is 6. The average molecular weight is 1910 g/mol. The van der Waals surface area contributed by atoms with Crippen LogP contribution < -0.4 is 76.1 Å². The zero-order valence-corrected chi connectivity index (χ0v) is 77.6. The van der Waals surface area contributed by atoms with Crippen molar-refractivity contribution in [3.05, 3.63) is 102 Å². The van der Waals surface area contributed by atoms with E-state index < -0.39 is 299 Å². The van der Waals surface area contributed by atoms with Crippen molar-refractivity contribution in [1.29, 1.82) is 0 Å². The lowest BCUT2D eigenvalue weighted by molar-refractivity contribution is -0.149. The van der Waals surface area contributed by atoms with E-state index in [1.54, 1.807) is 76.2 Å². The Morgan fingerprint density at radius 3 is 1.61 bits per heavy atom. The SMILES string of the molecule is CCCC[C@H]1C(=O)N(C)[C@@H](CCCC)C(=O)N[C@@H](CCC(=O)O)C(=O)N[C@H](C(N)=O)CNCC(=O)N[C@@H](Cc2ccc(O)cc2)C(=O)N2CCCC[C@H]2C(=O)N[C@@H](CC(N)=O)C(=O)N2CCCC2C(=O)N[C@@H](CCC(N)=O)C(=O)N[C@@H](CC(C)C)C(=O)N2C[C@H](O)C[C@H]2C(=O)N[C@@H](Cc2c[nH]c3ccccc23)C(=O)N[C@@H](CC(N)=O)C(=O)N[C@@H](Cc2cn(CC(=O)O)c3ccccc23)C(=O)N1C. The maximum atomic E-state index is 15.9. The van der Waals surface area contributed by atoms with Crippen molar-refractivity contribution in [3.63, 3.8) is 0 Å². The molecule has 3 aromatic carbocycles. The molecule has 2 aromatic heterocycles. The summed E-state index contributed by atoms with van der Waals surface area (Å²) >= 11 is 0. The number of aromatic amines is 1. The molecule has 4 aliphatic rings. The first kappa shape index (κ1) is 107. The summed E-state index contributed by atoms with van der Waals surface area (Å²) in [5.74, 6) is -22.0. The number of carbonyl (C=O) groups is 20. The minimum atomic E-state index is -2.03. The fraction of sp³-hybridized carbons (Fsp3) is 0.543. The number of piperidine rings is 1. The van der Waals surface area contributed by atoms with E-state index in [9.17, 15) is 78.0 Å². The van der Waals surface area contributed by atoms with Gasteiger partial charge in [-0.25, -0.2) is 0 Å². The number of hydrogen-bond acceptors (Lipinski definition) is 23. The van der Waals surface area contributed by atoms with Crippen molar-refractivity contribution in [2.75, 3.05) is 46.8 Å². The number of nitrogens with one attached hydrogen (secondary N) is 11. The summed E-state index contributed by atoms with van der Waals surface area (Å²) in [6, 6.07) is -4.47. The Morgan fingerprint density at radius 2 is 0.985 bits per heavy atom. The van der Waals surface area contributed by atoms with Crippen LogP contribution in [0.4, 0.5) is 0 Å². The van der Waals surface area contributed by atoms with Gasteiger partial charge in [0.15, 0.2) is 0 Å². The number of likely N-dealkylation sites (N-methyl/N-ethyl adjacent to an activating group) is 2. The average Bonchev–Trinajstić information content (AvgIpc) is 1.52. The lowest BCUT2D eigenvalue weighted by Crippen LogP contribution is -2.62. The Hall–Kier alpha value is -14.1. The fourth-order valence-corrected chi connectivity index (χ4v) is 17.8. The molecule has 4 fully saturated rings. The summed E-state index contributed by atoms with van der Waals surface area (Å²) in [7, 11) is 2.49. The standard InChI is InChI=1S/C92H127N21O24/c1-7-9-21-68-84(129)100-59(31-33-77(120)121)81(126)107-66(79(96)124)44-97-45-76(119)99-63(37-50-26-28-53(114)29-27-50)89(134)111-34-16-15-24-69(111)86(131)106-65(42-75(95)118)90(135)112-35-17-25-70(112)85(130)101-58(30-32-73(93)116)80(125)104-62(36-49(3)4)91(136)113-47-54(115)40-72(113)87(132)103-60(38-51-43-98-57-20-13-11-18-55(51)57)82(127)102-61(41-74(94)117)83(128)105-64(88(133)109(6)71(22-10-8-2)92(137)108(68)5)39-52-46-110(48-78(122)123)67-23-14-12-19-56(52)67/h11-14,18-20,23,26-29,43,46,49,54,58-66,68-72,97-98,114-115H,7-10,15-17,21-22,24-25,30-42,44-45,47-48H2,1-6H3,(H2,93,116)(H2,94,117)(H2,95,118)(H2,96,124)(H,99,119)(H,100,129)(H,101,130)(H,102,127)(H,103,132)(H,104,125)(H,105,128)(H,106,131)(H,107,126)(H,120,121)(H,122,123)/t54-,58+,59+,60+,61+,62+,63+,64+,65+,66+,68+,69+,70?,71+,72+/m1/s1. The van der Waals surface area contributed by atoms with Crippen LogP contribution in [0.1, 0.15) is 166 Å². The second kappa shape index (κ2) is 49.9. The van der Waals surface area contributed by atoms with Crippen molar-refractivity contribution in [1.82, 2.24) is 87.2 Å². The first-order valence-electron chi connectivity index (χ1n) is 46.1. The van der Waals surface area contributed by atoms with Gasteiger partial charge < -0.3 is 131 Å². The van der Waals surface area contributed by atoms with Crippen molar-refractivity contribution in [2.24, 2.45) is 28.9 Å². The Labute approximate surface area is 789 Å². The summed E-state index contributed by atoms with van der Waals surface area (Å²) in [5, 5.41) is 68.7. The van der Waals surface area contributed by atoms with Gasteiger partial charge in [0.2, 0.25) is 106 Å². The van der Waals surface area contributed by atoms with Gasteiger partial charge >= 0.3 is 11.9 Å². The molecule has 0 aliphatic carbocycles. The summed E-state index contributed by atoms with van der Waals surface area (Å²) in [5.41, 5.74) is 25.1.